The molecule has 8 heteroatoms. The van der Waals surface area contributed by atoms with Gasteiger partial charge in [-0.1, -0.05) is 74.7 Å². The molecule has 2 saturated heterocycles. The van der Waals surface area contributed by atoms with Gasteiger partial charge in [-0.3, -0.25) is 0 Å². The highest BCUT2D eigenvalue weighted by Crippen LogP contribution is 2.53. The zero-order valence-corrected chi connectivity index (χ0v) is 30.9. The van der Waals surface area contributed by atoms with Crippen molar-refractivity contribution in [2.75, 3.05) is 6.61 Å². The lowest BCUT2D eigenvalue weighted by molar-refractivity contribution is -0.241. The third-order valence-corrected chi connectivity index (χ3v) is 12.5. The average molecular weight is 722 g/mol. The van der Waals surface area contributed by atoms with Crippen molar-refractivity contribution in [3.8, 4) is 28.7 Å². The van der Waals surface area contributed by atoms with Gasteiger partial charge in [0.15, 0.2) is 23.0 Å². The van der Waals surface area contributed by atoms with E-state index in [4.69, 9.17) is 4.74 Å². The summed E-state index contributed by atoms with van der Waals surface area (Å²) in [4.78, 5) is 0. The molecule has 53 heavy (non-hydrogen) atoms. The number of phenolic OH excluding ortho intramolecular Hbond substituents is 5. The number of hydrogen-bond acceptors (Lipinski definition) is 8. The maximum absolute atomic E-state index is 11.4. The monoisotopic (exact) mass is 721 g/mol. The molecule has 0 aromatic heterocycles. The molecule has 4 aromatic carbocycles. The van der Waals surface area contributed by atoms with Gasteiger partial charge in [-0.25, -0.2) is 0 Å². The summed E-state index contributed by atoms with van der Waals surface area (Å²) in [6.45, 7) is 3.22. The van der Waals surface area contributed by atoms with Crippen molar-refractivity contribution < 1.29 is 35.4 Å². The lowest BCUT2D eigenvalue weighted by Crippen LogP contribution is -2.62. The fourth-order valence-electron chi connectivity index (χ4n) is 9.67. The molecule has 0 amide bonds. The third kappa shape index (κ3) is 7.59. The number of phenols is 5. The summed E-state index contributed by atoms with van der Waals surface area (Å²) < 4.78 is 6.80. The minimum Gasteiger partial charge on any atom is -0.507 e. The Hall–Kier alpha value is -4.24. The highest BCUT2D eigenvalue weighted by molar-refractivity contribution is 6.03. The Morgan fingerprint density at radius 2 is 1.68 bits per heavy atom. The Morgan fingerprint density at radius 3 is 2.49 bits per heavy atom. The number of rotatable bonds is 13. The Morgan fingerprint density at radius 1 is 0.811 bits per heavy atom. The lowest BCUT2D eigenvalue weighted by Gasteiger charge is -2.58. The minimum atomic E-state index is -0.351. The van der Waals surface area contributed by atoms with Crippen molar-refractivity contribution in [3.05, 3.63) is 88.0 Å². The molecule has 3 aliphatic rings. The Kier molecular flexibility index (Phi) is 11.2. The normalized spacial score (nSPS) is 24.1. The molecular formula is C45H55NO7. The fraction of sp³-hybridized carbons (Fsp3) is 0.467. The number of benzene rings is 4. The first kappa shape index (κ1) is 37.1. The van der Waals surface area contributed by atoms with E-state index in [9.17, 15) is 30.6 Å². The van der Waals surface area contributed by atoms with Gasteiger partial charge in [-0.05, 0) is 122 Å². The van der Waals surface area contributed by atoms with Crippen molar-refractivity contribution in [3.63, 3.8) is 0 Å². The van der Waals surface area contributed by atoms with Crippen LogP contribution in [0.3, 0.4) is 0 Å². The molecule has 2 bridgehead atoms. The van der Waals surface area contributed by atoms with Crippen LogP contribution in [0.5, 0.6) is 28.7 Å². The van der Waals surface area contributed by atoms with Gasteiger partial charge in [-0.2, -0.15) is 0 Å². The number of unbranched alkanes of at least 4 members (excludes halogenated alkanes) is 2. The molecule has 4 aromatic rings. The van der Waals surface area contributed by atoms with Crippen LogP contribution in [0.15, 0.2) is 54.6 Å². The molecule has 7 N–H and O–H groups in total. The predicted molar refractivity (Wildman–Crippen MR) is 209 cm³/mol. The SMILES string of the molecule is CCCCCc1cc(CCc2c(O)c(O)c3c(O)cccc3c2C=Cc2ccc(O)c(O)c2)ccc1CN[C@H]1C[C@@H]2CC[C@H]3CCC[C@@H](CO)[C@]3(C1)O2. The molecule has 282 valence electrons. The number of ether oxygens (including phenoxy) is 1. The van der Waals surface area contributed by atoms with Crippen LogP contribution in [0.4, 0.5) is 0 Å². The maximum Gasteiger partial charge on any atom is 0.169 e. The zero-order chi connectivity index (χ0) is 37.1. The number of aromatic hydroxyl groups is 5. The first-order valence-electron chi connectivity index (χ1n) is 19.7. The van der Waals surface area contributed by atoms with E-state index in [0.717, 1.165) is 63.5 Å². The van der Waals surface area contributed by atoms with Crippen molar-refractivity contribution in [1.29, 1.82) is 0 Å². The smallest absolute Gasteiger partial charge is 0.169 e. The second-order valence-electron chi connectivity index (χ2n) is 15.7. The van der Waals surface area contributed by atoms with Crippen molar-refractivity contribution in [1.82, 2.24) is 5.32 Å². The van der Waals surface area contributed by atoms with Gasteiger partial charge in [0.05, 0.1) is 17.1 Å². The molecule has 1 spiro atoms. The third-order valence-electron chi connectivity index (χ3n) is 12.5. The molecule has 2 aliphatic heterocycles. The zero-order valence-electron chi connectivity index (χ0n) is 30.9. The molecule has 0 radical (unpaired) electrons. The van der Waals surface area contributed by atoms with E-state index in [0.29, 0.717) is 46.9 Å². The predicted octanol–water partition coefficient (Wildman–Crippen LogP) is 8.63. The second kappa shape index (κ2) is 16.0. The van der Waals surface area contributed by atoms with Crippen LogP contribution in [-0.2, 0) is 30.5 Å². The van der Waals surface area contributed by atoms with Crippen molar-refractivity contribution in [2.45, 2.75) is 115 Å². The fourth-order valence-corrected chi connectivity index (χ4v) is 9.67. The molecule has 7 rings (SSSR count). The van der Waals surface area contributed by atoms with Gasteiger partial charge in [-0.15, -0.1) is 0 Å². The van der Waals surface area contributed by atoms with Gasteiger partial charge in [0.1, 0.15) is 5.75 Å². The summed E-state index contributed by atoms with van der Waals surface area (Å²) in [6.07, 6.45) is 17.1. The summed E-state index contributed by atoms with van der Waals surface area (Å²) in [7, 11) is 0. The van der Waals surface area contributed by atoms with E-state index >= 15 is 0 Å². The van der Waals surface area contributed by atoms with Crippen LogP contribution in [0.2, 0.25) is 0 Å². The lowest BCUT2D eigenvalue weighted by atomic mass is 9.60. The Balaban J connectivity index is 1.13. The molecule has 1 aliphatic carbocycles. The number of nitrogens with one attached hydrogen (secondary N) is 1. The second-order valence-corrected chi connectivity index (χ2v) is 15.7. The van der Waals surface area contributed by atoms with Crippen LogP contribution in [0.1, 0.15) is 105 Å². The topological polar surface area (TPSA) is 143 Å². The molecule has 3 fully saturated rings. The largest absolute Gasteiger partial charge is 0.507 e. The van der Waals surface area contributed by atoms with Crippen LogP contribution >= 0.6 is 0 Å². The molecule has 0 unspecified atom stereocenters. The summed E-state index contributed by atoms with van der Waals surface area (Å²) in [6, 6.07) is 16.6. The van der Waals surface area contributed by atoms with Gasteiger partial charge >= 0.3 is 0 Å². The van der Waals surface area contributed by atoms with E-state index < -0.39 is 0 Å². The van der Waals surface area contributed by atoms with Gasteiger partial charge in [0.25, 0.3) is 0 Å². The molecule has 8 nitrogen and oxygen atoms in total. The summed E-state index contributed by atoms with van der Waals surface area (Å²) in [5, 5.41) is 68.0. The molecule has 5 atom stereocenters. The van der Waals surface area contributed by atoms with Gasteiger partial charge < -0.3 is 40.7 Å². The average Bonchev–Trinajstić information content (AvgIpc) is 3.15. The Labute approximate surface area is 312 Å². The number of aryl methyl sites for hydroxylation is 2. The van der Waals surface area contributed by atoms with Crippen molar-refractivity contribution in [2.24, 2.45) is 11.8 Å². The van der Waals surface area contributed by atoms with Gasteiger partial charge in [0.2, 0.25) is 0 Å². The minimum absolute atomic E-state index is 0.130. The first-order valence-corrected chi connectivity index (χ1v) is 19.7. The highest BCUT2D eigenvalue weighted by Gasteiger charge is 2.55. The molecular weight excluding hydrogens is 666 g/mol. The maximum atomic E-state index is 11.4. The van der Waals surface area contributed by atoms with Crippen LogP contribution in [0.25, 0.3) is 22.9 Å². The summed E-state index contributed by atoms with van der Waals surface area (Å²) in [5.41, 5.74) is 5.45. The first-order chi connectivity index (χ1) is 25.7. The van der Waals surface area contributed by atoms with Crippen LogP contribution in [-0.4, -0.2) is 55.0 Å². The van der Waals surface area contributed by atoms with E-state index in [1.807, 2.05) is 12.1 Å². The highest BCUT2D eigenvalue weighted by atomic mass is 16.5. The standard InChI is InChI=1S/C45H55NO7/c1-2-3-4-7-30-22-28(12-16-31(30)26-46-34-24-35-18-17-32-8-5-9-33(27-47)45(32,25-34)53-35)14-20-38-36(19-13-29-15-21-39(48)41(50)23-29)37-10-6-11-40(49)42(37)44(52)43(38)51/h6,10-13,15-16,19,21-23,32-35,46-52H,2-5,7-9,14,17-18,20,24-27H2,1H3/t32-,33+,34+,35+,45-/m1/s1. The molecule has 1 saturated carbocycles. The van der Waals surface area contributed by atoms with E-state index in [1.54, 1.807) is 18.2 Å². The van der Waals surface area contributed by atoms with E-state index in [-0.39, 0.29) is 58.4 Å². The molecule has 2 heterocycles. The number of hydrogen-bond donors (Lipinski definition) is 7. The van der Waals surface area contributed by atoms with Crippen molar-refractivity contribution >= 4 is 22.9 Å². The Bertz CT molecular complexity index is 1950. The number of aliphatic hydroxyl groups is 1. The van der Waals surface area contributed by atoms with Crippen LogP contribution < -0.4 is 5.32 Å². The van der Waals surface area contributed by atoms with E-state index in [2.05, 4.69) is 30.4 Å². The van der Waals surface area contributed by atoms with Crippen LogP contribution in [0, 0.1) is 11.8 Å². The number of aliphatic hydroxyl groups excluding tert-OH is 1. The quantitative estimate of drug-likeness (QED) is 0.0413. The van der Waals surface area contributed by atoms with Gasteiger partial charge in [0, 0.05) is 30.7 Å². The van der Waals surface area contributed by atoms with E-state index in [1.165, 1.54) is 48.6 Å². The number of fused-ring (bicyclic) bond motifs is 2. The summed E-state index contributed by atoms with van der Waals surface area (Å²) in [5.74, 6) is -0.420. The summed E-state index contributed by atoms with van der Waals surface area (Å²) >= 11 is 0.